The Balaban J connectivity index is 2.21. The van der Waals surface area contributed by atoms with E-state index in [1.54, 1.807) is 6.07 Å². The Morgan fingerprint density at radius 1 is 1.44 bits per heavy atom. The summed E-state index contributed by atoms with van der Waals surface area (Å²) in [7, 11) is 0. The molecule has 1 aromatic carbocycles. The monoisotopic (exact) mass is 251 g/mol. The molecule has 2 nitrogen and oxygen atoms in total. The first-order valence-electron chi connectivity index (χ1n) is 6.83. The minimum atomic E-state index is -0.145. The minimum Gasteiger partial charge on any atom is -0.376 e. The summed E-state index contributed by atoms with van der Waals surface area (Å²) in [5.41, 5.74) is 0.727. The third-order valence-electron chi connectivity index (χ3n) is 3.63. The van der Waals surface area contributed by atoms with E-state index in [4.69, 9.17) is 4.74 Å². The quantitative estimate of drug-likeness (QED) is 0.867. The van der Waals surface area contributed by atoms with Crippen LogP contribution in [-0.4, -0.2) is 19.3 Å². The van der Waals surface area contributed by atoms with Crippen LogP contribution in [0.5, 0.6) is 0 Å². The second-order valence-electron chi connectivity index (χ2n) is 5.05. The molecule has 1 N–H and O–H groups in total. The lowest BCUT2D eigenvalue weighted by Gasteiger charge is -2.28. The molecule has 1 aromatic rings. The fraction of sp³-hybridized carbons (Fsp3) is 0.600. The van der Waals surface area contributed by atoms with Gasteiger partial charge in [0.05, 0.1) is 12.1 Å². The van der Waals surface area contributed by atoms with Crippen molar-refractivity contribution in [2.24, 2.45) is 5.92 Å². The van der Waals surface area contributed by atoms with Gasteiger partial charge in [-0.05, 0) is 31.4 Å². The number of rotatable bonds is 5. The molecule has 0 saturated carbocycles. The zero-order valence-corrected chi connectivity index (χ0v) is 11.2. The van der Waals surface area contributed by atoms with E-state index in [2.05, 4.69) is 19.2 Å². The van der Waals surface area contributed by atoms with E-state index in [1.807, 2.05) is 12.1 Å². The second-order valence-corrected chi connectivity index (χ2v) is 5.05. The molecule has 2 rings (SSSR count). The molecule has 100 valence electrons. The van der Waals surface area contributed by atoms with Crippen LogP contribution in [0.4, 0.5) is 4.39 Å². The number of hydrogen-bond acceptors (Lipinski definition) is 2. The topological polar surface area (TPSA) is 21.3 Å². The highest BCUT2D eigenvalue weighted by atomic mass is 19.1. The van der Waals surface area contributed by atoms with E-state index in [1.165, 1.54) is 6.07 Å². The molecule has 1 saturated heterocycles. The molecular weight excluding hydrogens is 229 g/mol. The van der Waals surface area contributed by atoms with Gasteiger partial charge in [0.15, 0.2) is 0 Å². The van der Waals surface area contributed by atoms with Crippen LogP contribution in [-0.2, 0) is 4.74 Å². The van der Waals surface area contributed by atoms with Gasteiger partial charge in [-0.25, -0.2) is 4.39 Å². The zero-order chi connectivity index (χ0) is 13.0. The Morgan fingerprint density at radius 3 is 2.83 bits per heavy atom. The van der Waals surface area contributed by atoms with E-state index < -0.39 is 0 Å². The molecule has 0 aliphatic carbocycles. The Hall–Kier alpha value is -0.930. The third-order valence-corrected chi connectivity index (χ3v) is 3.63. The Labute approximate surface area is 109 Å². The van der Waals surface area contributed by atoms with E-state index in [0.717, 1.165) is 31.6 Å². The number of hydrogen-bond donors (Lipinski definition) is 1. The van der Waals surface area contributed by atoms with Crippen LogP contribution >= 0.6 is 0 Å². The van der Waals surface area contributed by atoms with Crippen LogP contribution in [0.1, 0.15) is 38.3 Å². The maximum absolute atomic E-state index is 14.0. The average molecular weight is 251 g/mol. The summed E-state index contributed by atoms with van der Waals surface area (Å²) in [6.45, 7) is 5.96. The number of benzene rings is 1. The molecule has 18 heavy (non-hydrogen) atoms. The van der Waals surface area contributed by atoms with Crippen molar-refractivity contribution in [1.29, 1.82) is 0 Å². The molecule has 0 bridgehead atoms. The SMILES string of the molecule is CCCNC(c1ccccc1F)C1OCCC1C. The van der Waals surface area contributed by atoms with Gasteiger partial charge in [0.25, 0.3) is 0 Å². The van der Waals surface area contributed by atoms with Crippen molar-refractivity contribution in [3.05, 3.63) is 35.6 Å². The highest BCUT2D eigenvalue weighted by Crippen LogP contribution is 2.32. The zero-order valence-electron chi connectivity index (χ0n) is 11.2. The van der Waals surface area contributed by atoms with Gasteiger partial charge in [-0.1, -0.05) is 32.0 Å². The Bertz CT molecular complexity index is 383. The summed E-state index contributed by atoms with van der Waals surface area (Å²) >= 11 is 0. The van der Waals surface area contributed by atoms with E-state index >= 15 is 0 Å². The van der Waals surface area contributed by atoms with Crippen LogP contribution in [0.2, 0.25) is 0 Å². The lowest BCUT2D eigenvalue weighted by molar-refractivity contribution is 0.0596. The summed E-state index contributed by atoms with van der Waals surface area (Å²) in [6, 6.07) is 6.96. The van der Waals surface area contributed by atoms with E-state index in [0.29, 0.717) is 5.92 Å². The van der Waals surface area contributed by atoms with Gasteiger partial charge in [0.1, 0.15) is 5.82 Å². The first-order valence-corrected chi connectivity index (χ1v) is 6.83. The molecule has 1 heterocycles. The molecule has 3 heteroatoms. The normalized spacial score (nSPS) is 25.3. The standard InChI is InChI=1S/C15H22FNO/c1-3-9-17-14(15-11(2)8-10-18-15)12-6-4-5-7-13(12)16/h4-7,11,14-15,17H,3,8-10H2,1-2H3. The Morgan fingerprint density at radius 2 is 2.22 bits per heavy atom. The maximum Gasteiger partial charge on any atom is 0.128 e. The molecule has 0 radical (unpaired) electrons. The fourth-order valence-corrected chi connectivity index (χ4v) is 2.57. The van der Waals surface area contributed by atoms with Gasteiger partial charge in [-0.2, -0.15) is 0 Å². The summed E-state index contributed by atoms with van der Waals surface area (Å²) in [5, 5.41) is 3.43. The van der Waals surface area contributed by atoms with Crippen LogP contribution < -0.4 is 5.32 Å². The van der Waals surface area contributed by atoms with Gasteiger partial charge in [-0.3, -0.25) is 0 Å². The van der Waals surface area contributed by atoms with E-state index in [9.17, 15) is 4.39 Å². The highest BCUT2D eigenvalue weighted by molar-refractivity contribution is 5.23. The van der Waals surface area contributed by atoms with Crippen LogP contribution in [0.25, 0.3) is 0 Å². The van der Waals surface area contributed by atoms with Crippen molar-refractivity contribution in [3.8, 4) is 0 Å². The lowest BCUT2D eigenvalue weighted by Crippen LogP contribution is -2.35. The van der Waals surface area contributed by atoms with Crippen molar-refractivity contribution in [3.63, 3.8) is 0 Å². The minimum absolute atomic E-state index is 0.0383. The second kappa shape index (κ2) is 6.30. The van der Waals surface area contributed by atoms with Gasteiger partial charge in [-0.15, -0.1) is 0 Å². The summed E-state index contributed by atoms with van der Waals surface area (Å²) < 4.78 is 19.8. The van der Waals surface area contributed by atoms with Gasteiger partial charge in [0.2, 0.25) is 0 Å². The molecular formula is C15H22FNO. The maximum atomic E-state index is 14.0. The largest absolute Gasteiger partial charge is 0.376 e. The lowest BCUT2D eigenvalue weighted by atomic mass is 9.92. The van der Waals surface area contributed by atoms with Crippen LogP contribution in [0.3, 0.4) is 0 Å². The highest BCUT2D eigenvalue weighted by Gasteiger charge is 2.33. The molecule has 0 aromatic heterocycles. The number of ether oxygens (including phenoxy) is 1. The summed E-state index contributed by atoms with van der Waals surface area (Å²) in [6.07, 6.45) is 2.17. The molecule has 1 aliphatic heterocycles. The van der Waals surface area contributed by atoms with Crippen LogP contribution in [0, 0.1) is 11.7 Å². The molecule has 1 aliphatic rings. The van der Waals surface area contributed by atoms with Crippen molar-refractivity contribution in [2.45, 2.75) is 38.8 Å². The number of halogens is 1. The fourth-order valence-electron chi connectivity index (χ4n) is 2.57. The van der Waals surface area contributed by atoms with Crippen molar-refractivity contribution in [1.82, 2.24) is 5.32 Å². The van der Waals surface area contributed by atoms with Gasteiger partial charge < -0.3 is 10.1 Å². The predicted octanol–water partition coefficient (Wildman–Crippen LogP) is 3.29. The van der Waals surface area contributed by atoms with Gasteiger partial charge >= 0.3 is 0 Å². The molecule has 3 unspecified atom stereocenters. The predicted molar refractivity (Wildman–Crippen MR) is 71.0 cm³/mol. The summed E-state index contributed by atoms with van der Waals surface area (Å²) in [5.74, 6) is 0.327. The first-order chi connectivity index (χ1) is 8.74. The third kappa shape index (κ3) is 2.90. The van der Waals surface area contributed by atoms with E-state index in [-0.39, 0.29) is 18.0 Å². The van der Waals surface area contributed by atoms with Crippen LogP contribution in [0.15, 0.2) is 24.3 Å². The smallest absolute Gasteiger partial charge is 0.128 e. The first kappa shape index (κ1) is 13.5. The molecule has 0 spiro atoms. The summed E-state index contributed by atoms with van der Waals surface area (Å²) in [4.78, 5) is 0. The van der Waals surface area contributed by atoms with Gasteiger partial charge in [0, 0.05) is 12.2 Å². The van der Waals surface area contributed by atoms with Crippen molar-refractivity contribution < 1.29 is 9.13 Å². The number of nitrogens with one attached hydrogen (secondary N) is 1. The molecule has 3 atom stereocenters. The Kier molecular flexibility index (Phi) is 4.72. The molecule has 0 amide bonds. The van der Waals surface area contributed by atoms with Crippen molar-refractivity contribution >= 4 is 0 Å². The molecule has 1 fully saturated rings. The van der Waals surface area contributed by atoms with Crippen molar-refractivity contribution in [2.75, 3.05) is 13.2 Å². The average Bonchev–Trinajstić information content (AvgIpc) is 2.78.